The van der Waals surface area contributed by atoms with E-state index in [1.165, 1.54) is 6.21 Å². The molecule has 0 saturated carbocycles. The van der Waals surface area contributed by atoms with E-state index in [1.807, 2.05) is 27.5 Å². The van der Waals surface area contributed by atoms with E-state index >= 15 is 0 Å². The Morgan fingerprint density at radius 2 is 2.24 bits per heavy atom. The molecule has 1 aromatic carbocycles. The number of amides is 1. The SMILES string of the molecule is O=C(CN1CCOCC1)N/N=C/c1cc(Cl)cc(I)c1O. The zero-order valence-electron chi connectivity index (χ0n) is 11.2. The van der Waals surface area contributed by atoms with Crippen LogP contribution in [0.25, 0.3) is 0 Å². The molecule has 0 aliphatic carbocycles. The number of nitrogens with zero attached hydrogens (tertiary/aromatic N) is 2. The van der Waals surface area contributed by atoms with Crippen LogP contribution in [0.15, 0.2) is 17.2 Å². The summed E-state index contributed by atoms with van der Waals surface area (Å²) in [5.41, 5.74) is 2.89. The standard InChI is InChI=1S/C13H15ClIN3O3/c14-10-5-9(13(20)11(15)6-10)7-16-17-12(19)8-18-1-3-21-4-2-18/h5-7,20H,1-4,8H2,(H,17,19)/b16-7+. The van der Waals surface area contributed by atoms with Crippen LogP contribution in [0.1, 0.15) is 5.56 Å². The van der Waals surface area contributed by atoms with Gasteiger partial charge in [-0.2, -0.15) is 5.10 Å². The lowest BCUT2D eigenvalue weighted by Gasteiger charge is -2.25. The Morgan fingerprint density at radius 1 is 1.52 bits per heavy atom. The number of ether oxygens (including phenoxy) is 1. The highest BCUT2D eigenvalue weighted by molar-refractivity contribution is 14.1. The van der Waals surface area contributed by atoms with E-state index in [1.54, 1.807) is 12.1 Å². The third kappa shape index (κ3) is 5.10. The molecule has 6 nitrogen and oxygen atoms in total. The van der Waals surface area contributed by atoms with Crippen LogP contribution in [0.3, 0.4) is 0 Å². The van der Waals surface area contributed by atoms with Gasteiger partial charge in [0.2, 0.25) is 0 Å². The number of benzene rings is 1. The average molecular weight is 424 g/mol. The number of phenols is 1. The third-order valence-electron chi connectivity index (χ3n) is 2.92. The summed E-state index contributed by atoms with van der Waals surface area (Å²) < 4.78 is 5.84. The predicted molar refractivity (Wildman–Crippen MR) is 88.8 cm³/mol. The van der Waals surface area contributed by atoms with E-state index in [2.05, 4.69) is 10.5 Å². The molecule has 1 saturated heterocycles. The quantitative estimate of drug-likeness (QED) is 0.437. The second-order valence-electron chi connectivity index (χ2n) is 4.51. The number of carbonyl (C=O) groups is 1. The van der Waals surface area contributed by atoms with E-state index in [0.29, 0.717) is 27.4 Å². The maximum atomic E-state index is 11.7. The van der Waals surface area contributed by atoms with Crippen LogP contribution in [0, 0.1) is 3.57 Å². The number of nitrogens with one attached hydrogen (secondary N) is 1. The molecule has 8 heteroatoms. The minimum atomic E-state index is -0.204. The highest BCUT2D eigenvalue weighted by atomic mass is 127. The van der Waals surface area contributed by atoms with Gasteiger partial charge in [-0.15, -0.1) is 0 Å². The Morgan fingerprint density at radius 3 is 2.95 bits per heavy atom. The lowest BCUT2D eigenvalue weighted by molar-refractivity contribution is -0.123. The summed E-state index contributed by atoms with van der Waals surface area (Å²) in [6, 6.07) is 3.22. The van der Waals surface area contributed by atoms with Crippen LogP contribution in [0.4, 0.5) is 0 Å². The summed E-state index contributed by atoms with van der Waals surface area (Å²) >= 11 is 7.88. The molecule has 2 rings (SSSR count). The summed E-state index contributed by atoms with van der Waals surface area (Å²) in [5, 5.41) is 14.2. The molecule has 1 amide bonds. The van der Waals surface area contributed by atoms with Crippen molar-refractivity contribution in [3.05, 3.63) is 26.3 Å². The van der Waals surface area contributed by atoms with E-state index in [-0.39, 0.29) is 18.2 Å². The van der Waals surface area contributed by atoms with Gasteiger partial charge in [0.15, 0.2) is 0 Å². The van der Waals surface area contributed by atoms with Crippen molar-refractivity contribution in [2.75, 3.05) is 32.8 Å². The van der Waals surface area contributed by atoms with Crippen molar-refractivity contribution in [3.8, 4) is 5.75 Å². The zero-order chi connectivity index (χ0) is 15.2. The van der Waals surface area contributed by atoms with Crippen molar-refractivity contribution in [1.82, 2.24) is 10.3 Å². The second kappa shape index (κ2) is 7.92. The van der Waals surface area contributed by atoms with E-state index in [4.69, 9.17) is 16.3 Å². The van der Waals surface area contributed by atoms with E-state index in [9.17, 15) is 9.90 Å². The first-order valence-electron chi connectivity index (χ1n) is 6.36. The zero-order valence-corrected chi connectivity index (χ0v) is 14.1. The molecule has 0 bridgehead atoms. The lowest BCUT2D eigenvalue weighted by Crippen LogP contribution is -2.42. The number of rotatable bonds is 4. The first-order valence-corrected chi connectivity index (χ1v) is 7.82. The lowest BCUT2D eigenvalue weighted by atomic mass is 10.2. The molecular formula is C13H15ClIN3O3. The van der Waals surface area contributed by atoms with Gasteiger partial charge >= 0.3 is 0 Å². The van der Waals surface area contributed by atoms with Gasteiger partial charge in [0.1, 0.15) is 5.75 Å². The number of carbonyl (C=O) groups excluding carboxylic acids is 1. The Labute approximate surface area is 141 Å². The summed E-state index contributed by atoms with van der Waals surface area (Å²) in [6.45, 7) is 3.05. The van der Waals surface area contributed by atoms with Crippen LogP contribution in [0.2, 0.25) is 5.02 Å². The monoisotopic (exact) mass is 423 g/mol. The maximum Gasteiger partial charge on any atom is 0.254 e. The van der Waals surface area contributed by atoms with Gasteiger partial charge in [0.05, 0.1) is 29.5 Å². The van der Waals surface area contributed by atoms with Gasteiger partial charge in [0.25, 0.3) is 5.91 Å². The molecule has 1 aromatic rings. The van der Waals surface area contributed by atoms with Crippen LogP contribution < -0.4 is 5.43 Å². The van der Waals surface area contributed by atoms with E-state index in [0.717, 1.165) is 13.1 Å². The number of hydrazone groups is 1. The second-order valence-corrected chi connectivity index (χ2v) is 6.11. The van der Waals surface area contributed by atoms with Crippen molar-refractivity contribution in [1.29, 1.82) is 0 Å². The number of phenolic OH excluding ortho intramolecular Hbond substituents is 1. The van der Waals surface area contributed by atoms with Gasteiger partial charge in [0, 0.05) is 23.7 Å². The Bertz CT molecular complexity index is 548. The van der Waals surface area contributed by atoms with Crippen LogP contribution in [-0.2, 0) is 9.53 Å². The van der Waals surface area contributed by atoms with Gasteiger partial charge in [-0.3, -0.25) is 9.69 Å². The minimum absolute atomic E-state index is 0.0891. The van der Waals surface area contributed by atoms with Crippen molar-refractivity contribution >= 4 is 46.3 Å². The molecular weight excluding hydrogens is 409 g/mol. The molecule has 21 heavy (non-hydrogen) atoms. The minimum Gasteiger partial charge on any atom is -0.506 e. The number of hydrogen-bond donors (Lipinski definition) is 2. The van der Waals surface area contributed by atoms with Crippen molar-refractivity contribution in [2.24, 2.45) is 5.10 Å². The average Bonchev–Trinajstić information content (AvgIpc) is 2.45. The Hall–Kier alpha value is -0.900. The normalized spacial score (nSPS) is 16.3. The van der Waals surface area contributed by atoms with Gasteiger partial charge in [-0.05, 0) is 34.7 Å². The number of aromatic hydroxyl groups is 1. The van der Waals surface area contributed by atoms with E-state index < -0.39 is 0 Å². The first-order chi connectivity index (χ1) is 10.1. The molecule has 0 unspecified atom stereocenters. The highest BCUT2D eigenvalue weighted by Gasteiger charge is 2.13. The fourth-order valence-corrected chi connectivity index (χ4v) is 2.91. The van der Waals surface area contributed by atoms with Gasteiger partial charge in [-0.25, -0.2) is 5.43 Å². The number of hydrogen-bond acceptors (Lipinski definition) is 5. The largest absolute Gasteiger partial charge is 0.506 e. The molecule has 1 aliphatic heterocycles. The topological polar surface area (TPSA) is 74.2 Å². The Kier molecular flexibility index (Phi) is 6.22. The third-order valence-corrected chi connectivity index (χ3v) is 3.96. The van der Waals surface area contributed by atoms with Gasteiger partial charge in [-0.1, -0.05) is 11.6 Å². The molecule has 114 valence electrons. The summed E-state index contributed by atoms with van der Waals surface area (Å²) in [6.07, 6.45) is 1.38. The summed E-state index contributed by atoms with van der Waals surface area (Å²) in [4.78, 5) is 13.7. The highest BCUT2D eigenvalue weighted by Crippen LogP contribution is 2.27. The molecule has 1 heterocycles. The molecule has 1 fully saturated rings. The molecule has 0 atom stereocenters. The number of halogens is 2. The number of morpholine rings is 1. The summed E-state index contributed by atoms with van der Waals surface area (Å²) in [5.74, 6) is -0.115. The van der Waals surface area contributed by atoms with Crippen molar-refractivity contribution in [3.63, 3.8) is 0 Å². The molecule has 2 N–H and O–H groups in total. The Balaban J connectivity index is 1.88. The smallest absolute Gasteiger partial charge is 0.254 e. The molecule has 1 aliphatic rings. The van der Waals surface area contributed by atoms with Crippen molar-refractivity contribution in [2.45, 2.75) is 0 Å². The fraction of sp³-hybridized carbons (Fsp3) is 0.385. The van der Waals surface area contributed by atoms with Crippen LogP contribution in [-0.4, -0.2) is 55.0 Å². The fourth-order valence-electron chi connectivity index (χ4n) is 1.86. The van der Waals surface area contributed by atoms with Crippen LogP contribution in [0.5, 0.6) is 5.75 Å². The van der Waals surface area contributed by atoms with Crippen LogP contribution >= 0.6 is 34.2 Å². The molecule has 0 radical (unpaired) electrons. The van der Waals surface area contributed by atoms with Gasteiger partial charge < -0.3 is 9.84 Å². The maximum absolute atomic E-state index is 11.7. The predicted octanol–water partition coefficient (Wildman–Crippen LogP) is 1.43. The molecule has 0 spiro atoms. The van der Waals surface area contributed by atoms with Crippen molar-refractivity contribution < 1.29 is 14.6 Å². The summed E-state index contributed by atoms with van der Waals surface area (Å²) in [7, 11) is 0. The molecule has 0 aromatic heterocycles. The first kappa shape index (κ1) is 16.5.